The van der Waals surface area contributed by atoms with E-state index in [0.717, 1.165) is 42.2 Å². The van der Waals surface area contributed by atoms with E-state index in [-0.39, 0.29) is 0 Å². The molecule has 0 radical (unpaired) electrons. The van der Waals surface area contributed by atoms with Crippen molar-refractivity contribution in [3.05, 3.63) is 73.0 Å². The van der Waals surface area contributed by atoms with Crippen LogP contribution in [0.4, 0.5) is 0 Å². The molecule has 0 spiro atoms. The fraction of sp³-hybridized carbons (Fsp3) is 0.448. The van der Waals surface area contributed by atoms with Gasteiger partial charge in [-0.15, -0.1) is 0 Å². The molecule has 0 bridgehead atoms. The summed E-state index contributed by atoms with van der Waals surface area (Å²) in [7, 11) is -3.69. The maximum atomic E-state index is 6.58. The Kier molecular flexibility index (Phi) is 11.4. The Morgan fingerprint density at radius 1 is 0.765 bits per heavy atom. The van der Waals surface area contributed by atoms with Gasteiger partial charge in [-0.05, 0) is 85.7 Å². The molecular weight excluding hydrogens is 452 g/mol. The van der Waals surface area contributed by atoms with Crippen molar-refractivity contribution in [3.8, 4) is 22.6 Å². The molecule has 0 aliphatic carbocycles. The van der Waals surface area contributed by atoms with Gasteiger partial charge in [0.05, 0.1) is 13.2 Å². The van der Waals surface area contributed by atoms with Gasteiger partial charge in [0, 0.05) is 0 Å². The second-order valence-electron chi connectivity index (χ2n) is 10.0. The quantitative estimate of drug-likeness (QED) is 0.132. The largest absolute Gasteiger partial charge is 0.494 e. The zero-order valence-corrected chi connectivity index (χ0v) is 24.0. The molecule has 0 saturated carbocycles. The van der Waals surface area contributed by atoms with E-state index < -0.39 is 16.6 Å². The van der Waals surface area contributed by atoms with Crippen LogP contribution in [-0.2, 0) is 4.12 Å². The number of ether oxygens (including phenoxy) is 2. The number of hydrogen-bond acceptors (Lipinski definition) is 3. The molecule has 2 aromatic rings. The smallest absolute Gasteiger partial charge is 0.205 e. The Labute approximate surface area is 210 Å². The van der Waals surface area contributed by atoms with Gasteiger partial charge in [-0.25, -0.2) is 0 Å². The van der Waals surface area contributed by atoms with Crippen LogP contribution in [0.5, 0.6) is 11.5 Å². The summed E-state index contributed by atoms with van der Waals surface area (Å²) in [6, 6.07) is 17.8. The lowest BCUT2D eigenvalue weighted by Gasteiger charge is -2.34. The van der Waals surface area contributed by atoms with Crippen LogP contribution in [0.2, 0.25) is 32.2 Å². The predicted molar refractivity (Wildman–Crippen MR) is 152 cm³/mol. The van der Waals surface area contributed by atoms with E-state index >= 15 is 0 Å². The second kappa shape index (κ2) is 13.7. The lowest BCUT2D eigenvalue weighted by atomic mass is 10.1. The molecule has 2 aromatic carbocycles. The van der Waals surface area contributed by atoms with Gasteiger partial charge in [0.15, 0.2) is 8.32 Å². The zero-order chi connectivity index (χ0) is 25.0. The lowest BCUT2D eigenvalue weighted by Crippen LogP contribution is -2.45. The fourth-order valence-electron chi connectivity index (χ4n) is 3.95. The Hall–Kier alpha value is -2.09. The van der Waals surface area contributed by atoms with Crippen LogP contribution in [0.15, 0.2) is 73.0 Å². The molecule has 0 unspecified atom stereocenters. The molecule has 186 valence electrons. The van der Waals surface area contributed by atoms with Crippen molar-refractivity contribution in [1.29, 1.82) is 0 Å². The number of unbranched alkanes of at least 4 members (excludes halogenated alkanes) is 3. The van der Waals surface area contributed by atoms with Crippen molar-refractivity contribution in [3.63, 3.8) is 0 Å². The summed E-state index contributed by atoms with van der Waals surface area (Å²) in [5, 5.41) is 1.06. The van der Waals surface area contributed by atoms with Crippen molar-refractivity contribution >= 4 is 16.6 Å². The normalized spacial score (nSPS) is 11.8. The first-order chi connectivity index (χ1) is 16.2. The maximum Gasteiger partial charge on any atom is 0.205 e. The highest BCUT2D eigenvalue weighted by molar-refractivity contribution is 6.89. The van der Waals surface area contributed by atoms with Gasteiger partial charge >= 0.3 is 0 Å². The third kappa shape index (κ3) is 9.65. The van der Waals surface area contributed by atoms with Crippen LogP contribution in [0.1, 0.15) is 39.0 Å². The van der Waals surface area contributed by atoms with Crippen molar-refractivity contribution in [2.75, 3.05) is 13.2 Å². The highest BCUT2D eigenvalue weighted by Crippen LogP contribution is 2.26. The molecule has 0 atom stereocenters. The van der Waals surface area contributed by atoms with E-state index in [1.165, 1.54) is 30.4 Å². The van der Waals surface area contributed by atoms with Crippen LogP contribution < -0.4 is 9.47 Å². The summed E-state index contributed by atoms with van der Waals surface area (Å²) in [6.07, 6.45) is 7.73. The molecule has 2 rings (SSSR count). The molecule has 0 amide bonds. The molecule has 0 heterocycles. The van der Waals surface area contributed by atoms with Crippen LogP contribution in [0.3, 0.4) is 0 Å². The number of hydrogen-bond donors (Lipinski definition) is 0. The third-order valence-corrected chi connectivity index (χ3v) is 13.6. The monoisotopic (exact) mass is 496 g/mol. The van der Waals surface area contributed by atoms with E-state index in [0.29, 0.717) is 6.61 Å². The summed E-state index contributed by atoms with van der Waals surface area (Å²) in [5.41, 5.74) is 2.36. The SMILES string of the molecule is C=CC(=C)[Si](C)(C)O[Si](C)(C)CCCOc1ccc(-c2ccc(OCCCCCC)cc2)cc1. The van der Waals surface area contributed by atoms with Crippen molar-refractivity contribution in [2.45, 2.75) is 71.3 Å². The molecule has 0 saturated heterocycles. The van der Waals surface area contributed by atoms with Crippen molar-refractivity contribution in [2.24, 2.45) is 0 Å². The van der Waals surface area contributed by atoms with E-state index in [2.05, 4.69) is 94.8 Å². The highest BCUT2D eigenvalue weighted by atomic mass is 28.4. The van der Waals surface area contributed by atoms with E-state index in [1.54, 1.807) is 0 Å². The highest BCUT2D eigenvalue weighted by Gasteiger charge is 2.33. The topological polar surface area (TPSA) is 27.7 Å². The standard InChI is InChI=1S/C29H44O3Si2/c1-8-10-11-12-22-30-28-18-14-26(15-19-28)27-16-20-29(21-17-27)31-23-13-24-33(4,5)32-34(6,7)25(3)9-2/h9,14-21H,2-3,8,10-13,22-24H2,1,4-7H3. The first-order valence-electron chi connectivity index (χ1n) is 12.6. The fourth-order valence-corrected chi connectivity index (χ4v) is 11.9. The average molecular weight is 497 g/mol. The number of benzene rings is 2. The molecule has 3 nitrogen and oxygen atoms in total. The van der Waals surface area contributed by atoms with Gasteiger partial charge in [0.1, 0.15) is 11.5 Å². The summed E-state index contributed by atoms with van der Waals surface area (Å²) in [5.74, 6) is 1.85. The predicted octanol–water partition coefficient (Wildman–Crippen LogP) is 8.79. The zero-order valence-electron chi connectivity index (χ0n) is 22.0. The van der Waals surface area contributed by atoms with Gasteiger partial charge in [-0.2, -0.15) is 0 Å². The molecule has 5 heteroatoms. The van der Waals surface area contributed by atoms with E-state index in [9.17, 15) is 0 Å². The summed E-state index contributed by atoms with van der Waals surface area (Å²) < 4.78 is 18.4. The third-order valence-electron chi connectivity index (χ3n) is 6.05. The Balaban J connectivity index is 1.77. The Morgan fingerprint density at radius 2 is 1.26 bits per heavy atom. The first kappa shape index (κ1) is 28.2. The van der Waals surface area contributed by atoms with Gasteiger partial charge in [0.25, 0.3) is 0 Å². The molecule has 0 N–H and O–H groups in total. The van der Waals surface area contributed by atoms with Gasteiger partial charge in [-0.3, -0.25) is 0 Å². The lowest BCUT2D eigenvalue weighted by molar-refractivity contribution is 0.305. The van der Waals surface area contributed by atoms with Crippen LogP contribution in [0.25, 0.3) is 11.1 Å². The Morgan fingerprint density at radius 3 is 1.74 bits per heavy atom. The minimum atomic E-state index is -1.92. The van der Waals surface area contributed by atoms with Crippen molar-refractivity contribution in [1.82, 2.24) is 0 Å². The maximum absolute atomic E-state index is 6.58. The average Bonchev–Trinajstić information content (AvgIpc) is 2.81. The Bertz CT molecular complexity index is 887. The summed E-state index contributed by atoms with van der Waals surface area (Å²) in [4.78, 5) is 0. The van der Waals surface area contributed by atoms with Crippen LogP contribution >= 0.6 is 0 Å². The number of rotatable bonds is 16. The molecule has 34 heavy (non-hydrogen) atoms. The molecular formula is C29H44O3Si2. The van der Waals surface area contributed by atoms with Crippen molar-refractivity contribution < 1.29 is 13.6 Å². The molecule has 0 aromatic heterocycles. The second-order valence-corrected chi connectivity index (χ2v) is 18.5. The van der Waals surface area contributed by atoms with Crippen LogP contribution in [-0.4, -0.2) is 29.8 Å². The van der Waals surface area contributed by atoms with Gasteiger partial charge in [-0.1, -0.05) is 69.7 Å². The van der Waals surface area contributed by atoms with Gasteiger partial charge < -0.3 is 13.6 Å². The molecule has 0 fully saturated rings. The first-order valence-corrected chi connectivity index (χ1v) is 18.7. The summed E-state index contributed by atoms with van der Waals surface area (Å²) >= 11 is 0. The number of allylic oxidation sites excluding steroid dienone is 2. The minimum Gasteiger partial charge on any atom is -0.494 e. The minimum absolute atomic E-state index is 0.702. The summed E-state index contributed by atoms with van der Waals surface area (Å²) in [6.45, 7) is 20.7. The van der Waals surface area contributed by atoms with Gasteiger partial charge in [0.2, 0.25) is 8.32 Å². The van der Waals surface area contributed by atoms with Crippen LogP contribution in [0, 0.1) is 0 Å². The van der Waals surface area contributed by atoms with E-state index in [4.69, 9.17) is 13.6 Å². The van der Waals surface area contributed by atoms with E-state index in [1.807, 2.05) is 6.08 Å². The molecule has 0 aliphatic rings. The molecule has 0 aliphatic heterocycles.